The lowest BCUT2D eigenvalue weighted by Crippen LogP contribution is -2.41. The van der Waals surface area contributed by atoms with Gasteiger partial charge in [-0.15, -0.1) is 5.10 Å². The highest BCUT2D eigenvalue weighted by atomic mass is 16.5. The summed E-state index contributed by atoms with van der Waals surface area (Å²) >= 11 is 0. The summed E-state index contributed by atoms with van der Waals surface area (Å²) < 4.78 is 11.3. The average molecular weight is 515 g/mol. The van der Waals surface area contributed by atoms with E-state index in [0.29, 0.717) is 43.3 Å². The summed E-state index contributed by atoms with van der Waals surface area (Å²) in [6.07, 6.45) is 0.686. The standard InChI is InChI=1S/C27H30N8O3/c1-17(2)29-16-20(23(28)35-12-14-37-15-13-35)26-33-34-27(38-26)32-24-25(36)30-21-11-7-6-10-19(21)22(31-24)18-8-4-3-5-9-18/h3-11,16-17,24,28-29H,12-15H2,1-2H3,(H,30,36)(H,32,34)/b20-16+,28-23?/t24-/m1/s1. The summed E-state index contributed by atoms with van der Waals surface area (Å²) in [6, 6.07) is 17.4. The third-order valence-electron chi connectivity index (χ3n) is 6.05. The van der Waals surface area contributed by atoms with E-state index in [2.05, 4.69) is 26.1 Å². The van der Waals surface area contributed by atoms with Crippen molar-refractivity contribution < 1.29 is 13.9 Å². The molecule has 2 aliphatic rings. The number of fused-ring (bicyclic) bond motifs is 1. The van der Waals surface area contributed by atoms with Crippen LogP contribution in [0, 0.1) is 5.41 Å². The van der Waals surface area contributed by atoms with Crippen LogP contribution in [0.25, 0.3) is 5.57 Å². The molecule has 11 nitrogen and oxygen atoms in total. The van der Waals surface area contributed by atoms with E-state index in [4.69, 9.17) is 19.6 Å². The largest absolute Gasteiger partial charge is 0.403 e. The van der Waals surface area contributed by atoms with Crippen molar-refractivity contribution in [3.63, 3.8) is 0 Å². The lowest BCUT2D eigenvalue weighted by molar-refractivity contribution is -0.116. The number of ether oxygens (including phenoxy) is 1. The van der Waals surface area contributed by atoms with Gasteiger partial charge in [-0.3, -0.25) is 10.2 Å². The lowest BCUT2D eigenvalue weighted by Gasteiger charge is -2.29. The normalized spacial score (nSPS) is 17.8. The Balaban J connectivity index is 1.44. The van der Waals surface area contributed by atoms with Gasteiger partial charge in [-0.1, -0.05) is 53.6 Å². The van der Waals surface area contributed by atoms with Crippen LogP contribution in [-0.4, -0.2) is 71.1 Å². The number of amides is 1. The Morgan fingerprint density at radius 1 is 1.11 bits per heavy atom. The van der Waals surface area contributed by atoms with Crippen molar-refractivity contribution in [2.75, 3.05) is 36.9 Å². The van der Waals surface area contributed by atoms with Gasteiger partial charge in [-0.2, -0.15) is 0 Å². The second kappa shape index (κ2) is 11.3. The van der Waals surface area contributed by atoms with Crippen LogP contribution in [0.3, 0.4) is 0 Å². The third-order valence-corrected chi connectivity index (χ3v) is 6.05. The molecule has 0 aliphatic carbocycles. The molecule has 1 fully saturated rings. The van der Waals surface area contributed by atoms with E-state index in [1.54, 1.807) is 6.20 Å². The van der Waals surface area contributed by atoms with E-state index in [1.807, 2.05) is 73.3 Å². The van der Waals surface area contributed by atoms with Crippen LogP contribution in [0.4, 0.5) is 11.7 Å². The summed E-state index contributed by atoms with van der Waals surface area (Å²) in [4.78, 5) is 19.8. The maximum atomic E-state index is 13.1. The zero-order valence-corrected chi connectivity index (χ0v) is 21.3. The Kier molecular flexibility index (Phi) is 7.45. The zero-order chi connectivity index (χ0) is 26.5. The van der Waals surface area contributed by atoms with E-state index >= 15 is 0 Å². The van der Waals surface area contributed by atoms with Gasteiger partial charge in [0.25, 0.3) is 11.8 Å². The monoisotopic (exact) mass is 514 g/mol. The number of nitrogens with one attached hydrogen (secondary N) is 4. The summed E-state index contributed by atoms with van der Waals surface area (Å²) in [7, 11) is 0. The van der Waals surface area contributed by atoms with Crippen molar-refractivity contribution in [3.8, 4) is 0 Å². The van der Waals surface area contributed by atoms with Crippen molar-refractivity contribution >= 4 is 34.7 Å². The number of aromatic nitrogens is 2. The molecule has 0 spiro atoms. The molecular formula is C27H30N8O3. The molecule has 0 bridgehead atoms. The molecule has 1 atom stereocenters. The molecule has 1 saturated heterocycles. The number of carbonyl (C=O) groups excluding carboxylic acids is 1. The van der Waals surface area contributed by atoms with Crippen molar-refractivity contribution in [1.82, 2.24) is 20.4 Å². The second-order valence-corrected chi connectivity index (χ2v) is 9.17. The number of aliphatic imine (C=N–C) groups is 1. The molecule has 0 radical (unpaired) electrons. The molecular weight excluding hydrogens is 484 g/mol. The predicted octanol–water partition coefficient (Wildman–Crippen LogP) is 2.95. The second-order valence-electron chi connectivity index (χ2n) is 9.17. The van der Waals surface area contributed by atoms with Crippen LogP contribution in [-0.2, 0) is 9.53 Å². The van der Waals surface area contributed by atoms with E-state index in [1.165, 1.54) is 0 Å². The molecule has 3 heterocycles. The van der Waals surface area contributed by atoms with Gasteiger partial charge < -0.3 is 30.0 Å². The van der Waals surface area contributed by atoms with Crippen molar-refractivity contribution in [2.45, 2.75) is 26.1 Å². The number of nitrogens with zero attached hydrogens (tertiary/aromatic N) is 4. The summed E-state index contributed by atoms with van der Waals surface area (Å²) in [5.74, 6) is 0.0480. The van der Waals surface area contributed by atoms with Gasteiger partial charge in [-0.05, 0) is 19.9 Å². The first-order valence-corrected chi connectivity index (χ1v) is 12.5. The van der Waals surface area contributed by atoms with Crippen LogP contribution in [0.15, 0.2) is 70.2 Å². The van der Waals surface area contributed by atoms with E-state index in [-0.39, 0.29) is 29.7 Å². The maximum absolute atomic E-state index is 13.1. The summed E-state index contributed by atoms with van der Waals surface area (Å²) in [5.41, 5.74) is 3.46. The molecule has 3 aromatic rings. The Hall–Kier alpha value is -4.51. The van der Waals surface area contributed by atoms with Crippen molar-refractivity contribution in [1.29, 1.82) is 5.41 Å². The molecule has 196 valence electrons. The fourth-order valence-corrected chi connectivity index (χ4v) is 4.13. The number of rotatable bonds is 7. The molecule has 1 aromatic heterocycles. The minimum absolute atomic E-state index is 0.0208. The molecule has 0 saturated carbocycles. The molecule has 0 unspecified atom stereocenters. The summed E-state index contributed by atoms with van der Waals surface area (Å²) in [5, 5.41) is 26.2. The Morgan fingerprint density at radius 2 is 1.84 bits per heavy atom. The average Bonchev–Trinajstić information content (AvgIpc) is 3.34. The Bertz CT molecular complexity index is 1360. The minimum atomic E-state index is -1.02. The number of benzene rings is 2. The lowest BCUT2D eigenvalue weighted by atomic mass is 10.0. The number of carbonyl (C=O) groups is 1. The highest BCUT2D eigenvalue weighted by molar-refractivity contribution is 6.20. The van der Waals surface area contributed by atoms with E-state index in [9.17, 15) is 4.79 Å². The van der Waals surface area contributed by atoms with Gasteiger partial charge in [0.05, 0.1) is 30.2 Å². The number of hydrogen-bond donors (Lipinski definition) is 4. The molecule has 4 N–H and O–H groups in total. The van der Waals surface area contributed by atoms with Crippen LogP contribution in [0.2, 0.25) is 0 Å². The molecule has 5 rings (SSSR count). The third kappa shape index (κ3) is 5.57. The Labute approximate surface area is 220 Å². The summed E-state index contributed by atoms with van der Waals surface area (Å²) in [6.45, 7) is 6.28. The van der Waals surface area contributed by atoms with Crippen LogP contribution in [0.5, 0.6) is 0 Å². The number of para-hydroxylation sites is 1. The van der Waals surface area contributed by atoms with Crippen molar-refractivity contribution in [2.24, 2.45) is 4.99 Å². The maximum Gasteiger partial charge on any atom is 0.317 e. The van der Waals surface area contributed by atoms with Gasteiger partial charge in [0.2, 0.25) is 6.17 Å². The smallest absolute Gasteiger partial charge is 0.317 e. The minimum Gasteiger partial charge on any atom is -0.403 e. The van der Waals surface area contributed by atoms with Crippen LogP contribution >= 0.6 is 0 Å². The SMILES string of the molecule is CC(C)N/C=C(\C(=N)N1CCOCC1)c1nnc(N[C@H]2N=C(c3ccccc3)c3ccccc3NC2=O)o1. The highest BCUT2D eigenvalue weighted by Gasteiger charge is 2.28. The van der Waals surface area contributed by atoms with Crippen molar-refractivity contribution in [3.05, 3.63) is 77.8 Å². The molecule has 2 aliphatic heterocycles. The van der Waals surface area contributed by atoms with Gasteiger partial charge in [-0.25, -0.2) is 4.99 Å². The zero-order valence-electron chi connectivity index (χ0n) is 21.3. The van der Waals surface area contributed by atoms with E-state index < -0.39 is 6.17 Å². The molecule has 38 heavy (non-hydrogen) atoms. The molecule has 11 heteroatoms. The first kappa shape index (κ1) is 25.2. The first-order valence-electron chi connectivity index (χ1n) is 12.5. The number of benzodiazepines with no additional fused rings is 1. The highest BCUT2D eigenvalue weighted by Crippen LogP contribution is 2.25. The molecule has 2 aromatic carbocycles. The fraction of sp³-hybridized carbons (Fsp3) is 0.296. The number of morpholine rings is 1. The predicted molar refractivity (Wildman–Crippen MR) is 145 cm³/mol. The quantitative estimate of drug-likeness (QED) is 0.279. The van der Waals surface area contributed by atoms with E-state index in [0.717, 1.165) is 11.1 Å². The number of anilines is 2. The first-order chi connectivity index (χ1) is 18.5. The topological polar surface area (TPSA) is 141 Å². The Morgan fingerprint density at radius 3 is 2.61 bits per heavy atom. The fourth-order valence-electron chi connectivity index (χ4n) is 4.13. The number of hydrogen-bond acceptors (Lipinski definition) is 9. The van der Waals surface area contributed by atoms with Gasteiger partial charge in [0.15, 0.2) is 0 Å². The van der Waals surface area contributed by atoms with Crippen LogP contribution in [0.1, 0.15) is 30.9 Å². The van der Waals surface area contributed by atoms with Gasteiger partial charge in [0, 0.05) is 36.5 Å². The van der Waals surface area contributed by atoms with Crippen LogP contribution < -0.4 is 16.0 Å². The molecule has 1 amide bonds. The number of amidine groups is 1. The van der Waals surface area contributed by atoms with Gasteiger partial charge in [0.1, 0.15) is 5.84 Å². The van der Waals surface area contributed by atoms with Gasteiger partial charge >= 0.3 is 6.01 Å².